The van der Waals surface area contributed by atoms with Crippen molar-refractivity contribution in [1.29, 1.82) is 0 Å². The quantitative estimate of drug-likeness (QED) is 0.0728. The third-order valence-electron chi connectivity index (χ3n) is 9.96. The second-order valence-electron chi connectivity index (χ2n) is 14.1. The van der Waals surface area contributed by atoms with Gasteiger partial charge in [-0.25, -0.2) is 4.79 Å². The van der Waals surface area contributed by atoms with Crippen LogP contribution in [0.1, 0.15) is 20.3 Å². The minimum atomic E-state index is -2.88. The maximum absolute atomic E-state index is 12.5. The van der Waals surface area contributed by atoms with Crippen LogP contribution >= 0.6 is 0 Å². The Morgan fingerprint density at radius 2 is 1.26 bits per heavy atom. The Hall–Kier alpha value is -2.39. The molecular formula is C31H52N2O24. The van der Waals surface area contributed by atoms with Crippen LogP contribution in [0.4, 0.5) is 0 Å². The van der Waals surface area contributed by atoms with Gasteiger partial charge >= 0.3 is 5.97 Å². The van der Waals surface area contributed by atoms with Gasteiger partial charge in [0.05, 0.1) is 38.6 Å². The van der Waals surface area contributed by atoms with E-state index in [-0.39, 0.29) is 0 Å². The van der Waals surface area contributed by atoms with E-state index in [0.29, 0.717) is 0 Å². The topological polar surface area (TPSA) is 423 Å². The average molecular weight is 837 g/mol. The van der Waals surface area contributed by atoms with Gasteiger partial charge in [-0.3, -0.25) is 9.59 Å². The first-order valence-corrected chi connectivity index (χ1v) is 17.7. The normalized spacial score (nSPS) is 45.1. The van der Waals surface area contributed by atoms with Crippen molar-refractivity contribution in [1.82, 2.24) is 10.6 Å². The molecule has 0 radical (unpaired) electrons. The number of carboxylic acid groups (broad SMARTS) is 1. The number of hydrogen-bond acceptors (Lipinski definition) is 23. The molecule has 21 atom stereocenters. The van der Waals surface area contributed by atoms with Crippen LogP contribution in [0, 0.1) is 0 Å². The van der Waals surface area contributed by atoms with Gasteiger partial charge in [0, 0.05) is 20.3 Å². The Morgan fingerprint density at radius 1 is 0.719 bits per heavy atom. The van der Waals surface area contributed by atoms with Crippen LogP contribution in [-0.4, -0.2) is 244 Å². The second kappa shape index (κ2) is 19.8. The Bertz CT molecular complexity index is 1350. The maximum atomic E-state index is 12.5. The van der Waals surface area contributed by atoms with Gasteiger partial charge in [-0.1, -0.05) is 0 Å². The molecule has 0 saturated carbocycles. The number of rotatable bonds is 15. The summed E-state index contributed by atoms with van der Waals surface area (Å²) in [6.07, 6.45) is -34.9. The van der Waals surface area contributed by atoms with Crippen LogP contribution < -0.4 is 10.6 Å². The van der Waals surface area contributed by atoms with E-state index in [2.05, 4.69) is 10.6 Å². The summed E-state index contributed by atoms with van der Waals surface area (Å²) in [5.41, 5.74) is 0. The number of carboxylic acids is 1. The fraction of sp³-hybridized carbons (Fsp3) is 0.903. The summed E-state index contributed by atoms with van der Waals surface area (Å²) in [6.45, 7) is -1.61. The van der Waals surface area contributed by atoms with E-state index in [1.807, 2.05) is 0 Å². The lowest BCUT2D eigenvalue weighted by molar-refractivity contribution is -0.357. The van der Waals surface area contributed by atoms with Gasteiger partial charge in [0.2, 0.25) is 11.8 Å². The Labute approximate surface area is 322 Å². The lowest BCUT2D eigenvalue weighted by atomic mass is 9.88. The molecule has 4 aliphatic heterocycles. The third kappa shape index (κ3) is 10.5. The zero-order chi connectivity index (χ0) is 42.7. The number of ether oxygens (including phenoxy) is 7. The summed E-state index contributed by atoms with van der Waals surface area (Å²) in [6, 6.07) is -3.02. The molecule has 26 nitrogen and oxygen atoms in total. The van der Waals surface area contributed by atoms with Crippen molar-refractivity contribution in [3.63, 3.8) is 0 Å². The molecule has 0 spiro atoms. The molecule has 26 heteroatoms. The molecule has 0 aromatic carbocycles. The summed E-state index contributed by atoms with van der Waals surface area (Å²) in [5.74, 6) is -6.25. The van der Waals surface area contributed by atoms with E-state index < -0.39 is 179 Å². The molecule has 4 aliphatic rings. The zero-order valence-electron chi connectivity index (χ0n) is 30.4. The summed E-state index contributed by atoms with van der Waals surface area (Å²) >= 11 is 0. The van der Waals surface area contributed by atoms with Crippen LogP contribution in [0.25, 0.3) is 0 Å². The first kappa shape index (κ1) is 47.3. The SMILES string of the molecule is CC(=O)N[C@@H]1[C@@H](O[C@@H]2O[C@H](CO[C@@H]3O[C@H](CO[C@]4(C(=O)O)C[C@H](O)[C@@H](NC(C)=O)[C@H]([C@H](O)[C@H](O)CO)O4)[C@H](O)[C@H](O)[C@H]3O)[C@H](O)[C@H](O)[C@H]2O)[C@H](O)[C@@H](CO)O[C@H]1O. The Balaban J connectivity index is 1.48. The van der Waals surface area contributed by atoms with Gasteiger partial charge in [0.25, 0.3) is 5.79 Å². The first-order chi connectivity index (χ1) is 26.7. The molecule has 0 unspecified atom stereocenters. The number of aliphatic hydroxyl groups excluding tert-OH is 13. The molecule has 0 aromatic rings. The fourth-order valence-electron chi connectivity index (χ4n) is 6.83. The van der Waals surface area contributed by atoms with Gasteiger partial charge < -0.3 is 115 Å². The number of hydrogen-bond donors (Lipinski definition) is 16. The van der Waals surface area contributed by atoms with Gasteiger partial charge in [-0.05, 0) is 0 Å². The zero-order valence-corrected chi connectivity index (χ0v) is 30.4. The van der Waals surface area contributed by atoms with E-state index in [9.17, 15) is 85.9 Å². The minimum absolute atomic E-state index is 0.710. The predicted octanol–water partition coefficient (Wildman–Crippen LogP) is -10.3. The molecule has 4 saturated heterocycles. The molecule has 0 aromatic heterocycles. The summed E-state index contributed by atoms with van der Waals surface area (Å²) < 4.78 is 38.3. The van der Waals surface area contributed by atoms with Crippen LogP contribution in [0.15, 0.2) is 0 Å². The van der Waals surface area contributed by atoms with Crippen molar-refractivity contribution in [3.8, 4) is 0 Å². The summed E-state index contributed by atoms with van der Waals surface area (Å²) in [7, 11) is 0. The lowest BCUT2D eigenvalue weighted by Crippen LogP contribution is -2.68. The molecular weight excluding hydrogens is 784 g/mol. The standard InChI is InChI=1S/C31H52N2O24/c1-8(36)32-15-10(38)3-31(30(49)50,57-26(15)17(40)11(39)4-34)52-7-14-19(42)21(44)23(46)28(54-14)51-6-13-18(41)22(45)24(47)29(55-13)56-25-16(33-9(2)37)27(48)53-12(5-35)20(25)43/h10-29,34-35,38-48H,3-7H2,1-2H3,(H,32,36)(H,33,37)(H,49,50)/t10-,11+,12+,13+,14+,15+,16+,17+,18-,19-,20+,21-,22-,23+,24+,25+,26+,27+,28+,29-,31+/m0/s1. The van der Waals surface area contributed by atoms with Crippen molar-refractivity contribution in [2.75, 3.05) is 26.4 Å². The highest BCUT2D eigenvalue weighted by Crippen LogP contribution is 2.35. The van der Waals surface area contributed by atoms with E-state index in [1.54, 1.807) is 0 Å². The van der Waals surface area contributed by atoms with Gasteiger partial charge in [0.15, 0.2) is 18.9 Å². The second-order valence-corrected chi connectivity index (χ2v) is 14.1. The highest BCUT2D eigenvalue weighted by atomic mass is 16.8. The predicted molar refractivity (Wildman–Crippen MR) is 174 cm³/mol. The van der Waals surface area contributed by atoms with Crippen LogP contribution in [0.2, 0.25) is 0 Å². The molecule has 4 fully saturated rings. The van der Waals surface area contributed by atoms with Crippen molar-refractivity contribution in [2.45, 2.75) is 149 Å². The smallest absolute Gasteiger partial charge is 0.364 e. The molecule has 57 heavy (non-hydrogen) atoms. The van der Waals surface area contributed by atoms with Gasteiger partial charge in [-0.15, -0.1) is 0 Å². The number of nitrogens with one attached hydrogen (secondary N) is 2. The highest BCUT2D eigenvalue weighted by molar-refractivity contribution is 5.76. The van der Waals surface area contributed by atoms with E-state index in [1.165, 1.54) is 0 Å². The minimum Gasteiger partial charge on any atom is -0.477 e. The van der Waals surface area contributed by atoms with Crippen LogP contribution in [-0.2, 0) is 47.5 Å². The fourth-order valence-corrected chi connectivity index (χ4v) is 6.83. The monoisotopic (exact) mass is 836 g/mol. The van der Waals surface area contributed by atoms with Crippen LogP contribution in [0.3, 0.4) is 0 Å². The number of aliphatic carboxylic acids is 1. The van der Waals surface area contributed by atoms with Crippen molar-refractivity contribution in [3.05, 3.63) is 0 Å². The highest BCUT2D eigenvalue weighted by Gasteiger charge is 2.57. The number of carbonyl (C=O) groups excluding carboxylic acids is 2. The third-order valence-corrected chi connectivity index (χ3v) is 9.96. The molecule has 0 bridgehead atoms. The summed E-state index contributed by atoms with van der Waals surface area (Å²) in [4.78, 5) is 36.1. The number of amides is 2. The average Bonchev–Trinajstić information content (AvgIpc) is 3.16. The van der Waals surface area contributed by atoms with Gasteiger partial charge in [-0.2, -0.15) is 0 Å². The molecule has 2 amide bonds. The molecule has 4 rings (SSSR count). The number of aliphatic hydroxyl groups is 13. The number of carbonyl (C=O) groups is 3. The lowest BCUT2D eigenvalue weighted by Gasteiger charge is -2.47. The van der Waals surface area contributed by atoms with E-state index in [0.717, 1.165) is 13.8 Å². The molecule has 16 N–H and O–H groups in total. The van der Waals surface area contributed by atoms with Crippen molar-refractivity contribution < 1.29 is 119 Å². The van der Waals surface area contributed by atoms with Crippen molar-refractivity contribution in [2.24, 2.45) is 0 Å². The molecule has 0 aliphatic carbocycles. The van der Waals surface area contributed by atoms with Crippen molar-refractivity contribution >= 4 is 17.8 Å². The Kier molecular flexibility index (Phi) is 16.4. The summed E-state index contributed by atoms with van der Waals surface area (Å²) in [5, 5.41) is 150. The maximum Gasteiger partial charge on any atom is 0.364 e. The van der Waals surface area contributed by atoms with E-state index in [4.69, 9.17) is 33.2 Å². The molecule has 330 valence electrons. The molecule has 4 heterocycles. The van der Waals surface area contributed by atoms with Crippen LogP contribution in [0.5, 0.6) is 0 Å². The van der Waals surface area contributed by atoms with Gasteiger partial charge in [0.1, 0.15) is 91.5 Å². The largest absolute Gasteiger partial charge is 0.477 e. The Morgan fingerprint density at radius 3 is 1.81 bits per heavy atom. The van der Waals surface area contributed by atoms with E-state index >= 15 is 0 Å². The first-order valence-electron chi connectivity index (χ1n) is 17.7.